The molecule has 15 heavy (non-hydrogen) atoms. The van der Waals surface area contributed by atoms with Gasteiger partial charge in [-0.1, -0.05) is 0 Å². The van der Waals surface area contributed by atoms with Crippen LogP contribution < -0.4 is 0 Å². The van der Waals surface area contributed by atoms with E-state index in [0.29, 0.717) is 6.61 Å². The summed E-state index contributed by atoms with van der Waals surface area (Å²) in [4.78, 5) is 0. The Morgan fingerprint density at radius 3 is 2.27 bits per heavy atom. The molecule has 0 radical (unpaired) electrons. The van der Waals surface area contributed by atoms with Crippen LogP contribution in [-0.2, 0) is 23.7 Å². The monoisotopic (exact) mass is 218 g/mol. The van der Waals surface area contributed by atoms with Crippen molar-refractivity contribution in [1.82, 2.24) is 0 Å². The molecule has 5 heteroatoms. The van der Waals surface area contributed by atoms with E-state index in [1.54, 1.807) is 21.3 Å². The molecular weight excluding hydrogens is 200 g/mol. The number of ether oxygens (including phenoxy) is 5. The molecule has 0 saturated carbocycles. The summed E-state index contributed by atoms with van der Waals surface area (Å²) in [7, 11) is 4.92. The van der Waals surface area contributed by atoms with Crippen molar-refractivity contribution in [3.63, 3.8) is 0 Å². The molecule has 5 nitrogen and oxygen atoms in total. The zero-order valence-electron chi connectivity index (χ0n) is 9.56. The lowest BCUT2D eigenvalue weighted by atomic mass is 9.95. The summed E-state index contributed by atoms with van der Waals surface area (Å²) in [6.45, 7) is 2.40. The maximum atomic E-state index is 5.77. The fraction of sp³-hybridized carbons (Fsp3) is 1.00. The first-order chi connectivity index (χ1) is 7.16. The van der Waals surface area contributed by atoms with Gasteiger partial charge in [-0.25, -0.2) is 0 Å². The average molecular weight is 218 g/mol. The molecule has 2 saturated heterocycles. The van der Waals surface area contributed by atoms with E-state index in [4.69, 9.17) is 23.7 Å². The van der Waals surface area contributed by atoms with Crippen LogP contribution in [0.3, 0.4) is 0 Å². The van der Waals surface area contributed by atoms with Gasteiger partial charge in [0.05, 0.1) is 6.61 Å². The summed E-state index contributed by atoms with van der Waals surface area (Å²) < 4.78 is 27.6. The highest BCUT2D eigenvalue weighted by Gasteiger charge is 2.58. The molecule has 0 N–H and O–H groups in total. The highest BCUT2D eigenvalue weighted by molar-refractivity contribution is 5.01. The molecule has 0 unspecified atom stereocenters. The number of hydrogen-bond acceptors (Lipinski definition) is 5. The van der Waals surface area contributed by atoms with Gasteiger partial charge < -0.3 is 23.7 Å². The first-order valence-electron chi connectivity index (χ1n) is 5.06. The van der Waals surface area contributed by atoms with Gasteiger partial charge in [-0.15, -0.1) is 0 Å². The van der Waals surface area contributed by atoms with Gasteiger partial charge in [-0.3, -0.25) is 0 Å². The Hall–Kier alpha value is -0.200. The third kappa shape index (κ3) is 1.59. The van der Waals surface area contributed by atoms with Crippen molar-refractivity contribution in [1.29, 1.82) is 0 Å². The van der Waals surface area contributed by atoms with Crippen LogP contribution in [0.25, 0.3) is 0 Å². The lowest BCUT2D eigenvalue weighted by molar-refractivity contribution is -0.298. The lowest BCUT2D eigenvalue weighted by Crippen LogP contribution is -2.61. The molecule has 0 amide bonds. The molecule has 0 aromatic heterocycles. The van der Waals surface area contributed by atoms with E-state index >= 15 is 0 Å². The van der Waals surface area contributed by atoms with E-state index in [1.807, 2.05) is 6.92 Å². The standard InChI is InChI=1S/C10H18O5/c1-10-9(13-4)8(12-3)7(11-2)6(15-10)5-14-10/h6-9H,5H2,1-4H3/t6-,7-,8+,9+,10+/m1/s1. The Morgan fingerprint density at radius 2 is 1.73 bits per heavy atom. The second-order valence-corrected chi connectivity index (χ2v) is 4.04. The fourth-order valence-corrected chi connectivity index (χ4v) is 2.50. The first-order valence-corrected chi connectivity index (χ1v) is 5.06. The minimum Gasteiger partial charge on any atom is -0.376 e. The average Bonchev–Trinajstić information content (AvgIpc) is 2.57. The Kier molecular flexibility index (Phi) is 3.00. The van der Waals surface area contributed by atoms with E-state index < -0.39 is 5.79 Å². The number of methoxy groups -OCH3 is 3. The van der Waals surface area contributed by atoms with Crippen LogP contribution in [0.2, 0.25) is 0 Å². The van der Waals surface area contributed by atoms with Crippen LogP contribution in [0.1, 0.15) is 6.92 Å². The molecule has 2 aliphatic heterocycles. The van der Waals surface area contributed by atoms with Crippen molar-refractivity contribution in [2.45, 2.75) is 37.1 Å². The van der Waals surface area contributed by atoms with Crippen LogP contribution in [0, 0.1) is 0 Å². The summed E-state index contributed by atoms with van der Waals surface area (Å²) >= 11 is 0. The van der Waals surface area contributed by atoms with Crippen molar-refractivity contribution >= 4 is 0 Å². The Bertz CT molecular complexity index is 234. The largest absolute Gasteiger partial charge is 0.376 e. The van der Waals surface area contributed by atoms with Crippen molar-refractivity contribution in [3.05, 3.63) is 0 Å². The topological polar surface area (TPSA) is 46.2 Å². The maximum Gasteiger partial charge on any atom is 0.195 e. The molecule has 2 aliphatic rings. The molecule has 2 bridgehead atoms. The van der Waals surface area contributed by atoms with Crippen molar-refractivity contribution in [3.8, 4) is 0 Å². The van der Waals surface area contributed by atoms with Crippen LogP contribution in [-0.4, -0.2) is 58.1 Å². The Morgan fingerprint density at radius 1 is 1.07 bits per heavy atom. The molecule has 2 rings (SSSR count). The van der Waals surface area contributed by atoms with E-state index in [0.717, 1.165) is 0 Å². The second-order valence-electron chi connectivity index (χ2n) is 4.04. The lowest BCUT2D eigenvalue weighted by Gasteiger charge is -2.43. The third-order valence-electron chi connectivity index (χ3n) is 3.22. The van der Waals surface area contributed by atoms with E-state index in [2.05, 4.69) is 0 Å². The maximum absolute atomic E-state index is 5.77. The molecule has 2 heterocycles. The summed E-state index contributed by atoms with van der Waals surface area (Å²) in [6, 6.07) is 0. The minimum atomic E-state index is -0.713. The van der Waals surface area contributed by atoms with Gasteiger partial charge in [0.15, 0.2) is 5.79 Å². The molecule has 0 spiro atoms. The minimum absolute atomic E-state index is 0.0728. The van der Waals surface area contributed by atoms with Crippen molar-refractivity contribution in [2.75, 3.05) is 27.9 Å². The van der Waals surface area contributed by atoms with Gasteiger partial charge in [-0.2, -0.15) is 0 Å². The van der Waals surface area contributed by atoms with Crippen LogP contribution in [0.4, 0.5) is 0 Å². The van der Waals surface area contributed by atoms with Crippen LogP contribution in [0.5, 0.6) is 0 Å². The molecule has 0 aromatic carbocycles. The first kappa shape index (κ1) is 11.3. The second kappa shape index (κ2) is 3.99. The highest BCUT2D eigenvalue weighted by Crippen LogP contribution is 2.40. The molecule has 5 atom stereocenters. The van der Waals surface area contributed by atoms with Crippen LogP contribution in [0.15, 0.2) is 0 Å². The van der Waals surface area contributed by atoms with Crippen molar-refractivity contribution in [2.24, 2.45) is 0 Å². The number of hydrogen-bond donors (Lipinski definition) is 0. The number of fused-ring (bicyclic) bond motifs is 2. The Balaban J connectivity index is 2.26. The Labute approximate surface area is 89.6 Å². The fourth-order valence-electron chi connectivity index (χ4n) is 2.50. The quantitative estimate of drug-likeness (QED) is 0.676. The summed E-state index contributed by atoms with van der Waals surface area (Å²) in [5.74, 6) is -0.713. The van der Waals surface area contributed by atoms with Gasteiger partial charge in [0.2, 0.25) is 0 Å². The van der Waals surface area contributed by atoms with Gasteiger partial charge in [-0.05, 0) is 6.92 Å². The normalized spacial score (nSPS) is 49.6. The zero-order chi connectivity index (χ0) is 11.1. The molecule has 88 valence electrons. The predicted octanol–water partition coefficient (Wildman–Crippen LogP) is 0.177. The van der Waals surface area contributed by atoms with Gasteiger partial charge in [0.25, 0.3) is 0 Å². The van der Waals surface area contributed by atoms with Crippen LogP contribution >= 0.6 is 0 Å². The zero-order valence-corrected chi connectivity index (χ0v) is 9.56. The summed E-state index contributed by atoms with van der Waals surface area (Å²) in [6.07, 6.45) is -0.649. The third-order valence-corrected chi connectivity index (χ3v) is 3.22. The SMILES string of the molecule is CO[C@H]1[C@H](OC)[C@H](OC)[C@@]2(C)OC[C@H]1O2. The molecule has 0 aliphatic carbocycles. The highest BCUT2D eigenvalue weighted by atomic mass is 16.8. The molecule has 2 fully saturated rings. The predicted molar refractivity (Wildman–Crippen MR) is 51.6 cm³/mol. The number of rotatable bonds is 3. The summed E-state index contributed by atoms with van der Waals surface area (Å²) in [5.41, 5.74) is 0. The van der Waals surface area contributed by atoms with E-state index in [-0.39, 0.29) is 24.4 Å². The summed E-state index contributed by atoms with van der Waals surface area (Å²) in [5, 5.41) is 0. The smallest absolute Gasteiger partial charge is 0.195 e. The van der Waals surface area contributed by atoms with Crippen molar-refractivity contribution < 1.29 is 23.7 Å². The molecular formula is C10H18O5. The van der Waals surface area contributed by atoms with E-state index in [1.165, 1.54) is 0 Å². The van der Waals surface area contributed by atoms with E-state index in [9.17, 15) is 0 Å². The van der Waals surface area contributed by atoms with Gasteiger partial charge in [0, 0.05) is 21.3 Å². The van der Waals surface area contributed by atoms with Gasteiger partial charge >= 0.3 is 0 Å². The van der Waals surface area contributed by atoms with Gasteiger partial charge in [0.1, 0.15) is 24.4 Å². The molecule has 0 aromatic rings.